The number of nitrogens with zero attached hydrogens (tertiary/aromatic N) is 2. The number of benzene rings is 2. The summed E-state index contributed by atoms with van der Waals surface area (Å²) >= 11 is 0. The van der Waals surface area contributed by atoms with Gasteiger partial charge in [0.2, 0.25) is 11.8 Å². The number of rotatable bonds is 6. The Morgan fingerprint density at radius 1 is 1.18 bits per heavy atom. The molecule has 0 radical (unpaired) electrons. The molecule has 34 heavy (non-hydrogen) atoms. The number of nitrogens with one attached hydrogen (secondary N) is 3. The Balaban J connectivity index is 1.58. The molecule has 1 saturated heterocycles. The van der Waals surface area contributed by atoms with Gasteiger partial charge in [-0.25, -0.2) is 4.39 Å². The number of aromatic nitrogens is 2. The highest BCUT2D eigenvalue weighted by molar-refractivity contribution is 6.06. The smallest absolute Gasteiger partial charge is 0.273 e. The van der Waals surface area contributed by atoms with Gasteiger partial charge in [0, 0.05) is 18.4 Å². The van der Waals surface area contributed by atoms with Gasteiger partial charge in [-0.2, -0.15) is 5.10 Å². The number of para-hydroxylation sites is 1. The maximum atomic E-state index is 13.3. The van der Waals surface area contributed by atoms with Crippen LogP contribution in [0, 0.1) is 11.2 Å². The third-order valence-corrected chi connectivity index (χ3v) is 5.85. The number of amides is 3. The first kappa shape index (κ1) is 23.4. The van der Waals surface area contributed by atoms with E-state index in [1.54, 1.807) is 22.9 Å². The van der Waals surface area contributed by atoms with Gasteiger partial charge in [-0.1, -0.05) is 51.1 Å². The molecule has 0 bridgehead atoms. The van der Waals surface area contributed by atoms with Crippen LogP contribution in [-0.4, -0.2) is 46.1 Å². The lowest BCUT2D eigenvalue weighted by molar-refractivity contribution is -0.126. The van der Waals surface area contributed by atoms with Gasteiger partial charge in [0.05, 0.1) is 18.1 Å². The molecule has 9 heteroatoms. The average Bonchev–Trinajstić information content (AvgIpc) is 3.36. The van der Waals surface area contributed by atoms with Gasteiger partial charge in [0.25, 0.3) is 5.91 Å². The number of carbonyl (C=O) groups is 3. The van der Waals surface area contributed by atoms with Gasteiger partial charge in [-0.15, -0.1) is 0 Å². The lowest BCUT2D eigenvalue weighted by Gasteiger charge is -2.31. The normalized spacial score (nSPS) is 16.8. The van der Waals surface area contributed by atoms with Crippen molar-refractivity contribution in [3.05, 3.63) is 65.6 Å². The van der Waals surface area contributed by atoms with E-state index in [0.717, 1.165) is 11.1 Å². The van der Waals surface area contributed by atoms with Gasteiger partial charge in [-0.05, 0) is 29.2 Å². The molecule has 2 atom stereocenters. The number of hydrogen-bond donors (Lipinski definition) is 3. The van der Waals surface area contributed by atoms with Crippen LogP contribution in [0.2, 0.25) is 0 Å². The highest BCUT2D eigenvalue weighted by Gasteiger charge is 2.36. The second-order valence-electron chi connectivity index (χ2n) is 9.64. The molecular formula is C25H28FN5O3. The van der Waals surface area contributed by atoms with Gasteiger partial charge >= 0.3 is 0 Å². The molecule has 1 fully saturated rings. The molecule has 0 saturated carbocycles. The second-order valence-corrected chi connectivity index (χ2v) is 9.64. The number of carbonyl (C=O) groups excluding carboxylic acids is 3. The minimum Gasteiger partial charge on any atom is -0.354 e. The van der Waals surface area contributed by atoms with E-state index in [9.17, 15) is 18.8 Å². The lowest BCUT2D eigenvalue weighted by Crippen LogP contribution is -2.55. The monoisotopic (exact) mass is 465 g/mol. The molecule has 3 N–H and O–H groups in total. The van der Waals surface area contributed by atoms with Crippen molar-refractivity contribution in [1.82, 2.24) is 25.7 Å². The van der Waals surface area contributed by atoms with E-state index in [1.165, 1.54) is 12.1 Å². The molecule has 0 unspecified atom stereocenters. The molecule has 1 aromatic heterocycles. The first-order valence-corrected chi connectivity index (χ1v) is 11.2. The number of halogens is 1. The zero-order chi connectivity index (χ0) is 24.5. The van der Waals surface area contributed by atoms with Crippen LogP contribution in [0.5, 0.6) is 0 Å². The first-order chi connectivity index (χ1) is 16.1. The predicted octanol–water partition coefficient (Wildman–Crippen LogP) is 2.37. The second kappa shape index (κ2) is 9.24. The van der Waals surface area contributed by atoms with Gasteiger partial charge in [0.1, 0.15) is 11.9 Å². The van der Waals surface area contributed by atoms with Crippen LogP contribution < -0.4 is 16.0 Å². The van der Waals surface area contributed by atoms with Crippen molar-refractivity contribution in [2.75, 3.05) is 6.54 Å². The van der Waals surface area contributed by atoms with E-state index in [4.69, 9.17) is 0 Å². The molecule has 0 aliphatic carbocycles. The molecule has 4 rings (SSSR count). The maximum absolute atomic E-state index is 13.3. The largest absolute Gasteiger partial charge is 0.354 e. The summed E-state index contributed by atoms with van der Waals surface area (Å²) in [6.45, 7) is 6.32. The Bertz CT molecular complexity index is 1230. The summed E-state index contributed by atoms with van der Waals surface area (Å²) in [5, 5.41) is 13.6. The molecular weight excluding hydrogens is 437 g/mol. The minimum atomic E-state index is -0.836. The number of hydrogen-bond acceptors (Lipinski definition) is 4. The van der Waals surface area contributed by atoms with Gasteiger partial charge in [-0.3, -0.25) is 19.1 Å². The van der Waals surface area contributed by atoms with Crippen LogP contribution in [0.1, 0.15) is 43.2 Å². The topological polar surface area (TPSA) is 105 Å². The highest BCUT2D eigenvalue weighted by Crippen LogP contribution is 2.23. The van der Waals surface area contributed by atoms with Crippen LogP contribution in [0.25, 0.3) is 10.9 Å². The zero-order valence-corrected chi connectivity index (χ0v) is 19.4. The van der Waals surface area contributed by atoms with Crippen LogP contribution in [-0.2, 0) is 16.1 Å². The van der Waals surface area contributed by atoms with Gasteiger partial charge in [0.15, 0.2) is 5.69 Å². The molecule has 1 aliphatic rings. The van der Waals surface area contributed by atoms with Crippen LogP contribution in [0.15, 0.2) is 48.5 Å². The highest BCUT2D eigenvalue weighted by atomic mass is 19.1. The molecule has 2 aromatic carbocycles. The van der Waals surface area contributed by atoms with E-state index in [0.29, 0.717) is 18.5 Å². The summed E-state index contributed by atoms with van der Waals surface area (Å²) in [7, 11) is 0. The Kier molecular flexibility index (Phi) is 6.37. The average molecular weight is 466 g/mol. The number of fused-ring (bicyclic) bond motifs is 1. The summed E-state index contributed by atoms with van der Waals surface area (Å²) in [6.07, 6.45) is 0.217. The van der Waals surface area contributed by atoms with Gasteiger partial charge < -0.3 is 16.0 Å². The molecule has 3 aromatic rings. The van der Waals surface area contributed by atoms with Crippen molar-refractivity contribution in [2.24, 2.45) is 5.41 Å². The van der Waals surface area contributed by atoms with Crippen molar-refractivity contribution in [1.29, 1.82) is 0 Å². The summed E-state index contributed by atoms with van der Waals surface area (Å²) in [4.78, 5) is 37.9. The Labute approximate surface area is 196 Å². The van der Waals surface area contributed by atoms with Crippen molar-refractivity contribution >= 4 is 28.6 Å². The van der Waals surface area contributed by atoms with E-state index in [1.807, 2.05) is 39.0 Å². The summed E-state index contributed by atoms with van der Waals surface area (Å²) < 4.78 is 15.0. The molecule has 8 nitrogen and oxygen atoms in total. The molecule has 0 spiro atoms. The summed E-state index contributed by atoms with van der Waals surface area (Å²) in [5.41, 5.74) is 1.22. The van der Waals surface area contributed by atoms with E-state index in [-0.39, 0.29) is 35.8 Å². The van der Waals surface area contributed by atoms with Crippen molar-refractivity contribution in [3.8, 4) is 0 Å². The Morgan fingerprint density at radius 3 is 2.53 bits per heavy atom. The fourth-order valence-corrected chi connectivity index (χ4v) is 4.04. The predicted molar refractivity (Wildman–Crippen MR) is 126 cm³/mol. The molecule has 2 heterocycles. The third-order valence-electron chi connectivity index (χ3n) is 5.85. The van der Waals surface area contributed by atoms with E-state index >= 15 is 0 Å². The fraction of sp³-hybridized carbons (Fsp3) is 0.360. The van der Waals surface area contributed by atoms with Crippen LogP contribution >= 0.6 is 0 Å². The third kappa shape index (κ3) is 5.08. The zero-order valence-electron chi connectivity index (χ0n) is 19.4. The van der Waals surface area contributed by atoms with Crippen molar-refractivity contribution in [3.63, 3.8) is 0 Å². The van der Waals surface area contributed by atoms with Crippen molar-refractivity contribution in [2.45, 2.75) is 45.8 Å². The van der Waals surface area contributed by atoms with E-state index in [2.05, 4.69) is 21.0 Å². The molecule has 3 amide bonds. The fourth-order valence-electron chi connectivity index (χ4n) is 4.04. The van der Waals surface area contributed by atoms with E-state index < -0.39 is 17.4 Å². The standard InChI is InChI=1S/C25H28FN5O3/c1-25(2,3)22(24(34)28-17-12-20(32)27-13-17)29-23(33)21-18-6-4-5-7-19(18)31(30-21)14-15-8-10-16(26)11-9-15/h4-11,17,22H,12-14H2,1-3H3,(H,27,32)(H,28,34)(H,29,33)/t17-,22-/m1/s1. The van der Waals surface area contributed by atoms with Crippen LogP contribution in [0.4, 0.5) is 4.39 Å². The summed E-state index contributed by atoms with van der Waals surface area (Å²) in [5.74, 6) is -1.25. The van der Waals surface area contributed by atoms with Crippen LogP contribution in [0.3, 0.4) is 0 Å². The Hall–Kier alpha value is -3.75. The first-order valence-electron chi connectivity index (χ1n) is 11.2. The molecule has 1 aliphatic heterocycles. The summed E-state index contributed by atoms with van der Waals surface area (Å²) in [6, 6.07) is 12.3. The maximum Gasteiger partial charge on any atom is 0.273 e. The molecule has 178 valence electrons. The van der Waals surface area contributed by atoms with Crippen molar-refractivity contribution < 1.29 is 18.8 Å². The Morgan fingerprint density at radius 2 is 1.88 bits per heavy atom. The quantitative estimate of drug-likeness (QED) is 0.520. The minimum absolute atomic E-state index is 0.111. The SMILES string of the molecule is CC(C)(C)[C@H](NC(=O)c1nn(Cc2ccc(F)cc2)c2ccccc12)C(=O)N[C@H]1CNC(=O)C1. The lowest BCUT2D eigenvalue weighted by atomic mass is 9.85.